The number of anilines is 1. The third-order valence-corrected chi connectivity index (χ3v) is 6.39. The molecule has 2 amide bonds. The van der Waals surface area contributed by atoms with Crippen LogP contribution in [0.1, 0.15) is 37.5 Å². The first kappa shape index (κ1) is 26.7. The molecule has 0 aliphatic carbocycles. The largest absolute Gasteiger partial charge is 0.352 e. The van der Waals surface area contributed by atoms with Crippen molar-refractivity contribution in [3.05, 3.63) is 64.2 Å². The van der Waals surface area contributed by atoms with Gasteiger partial charge in [-0.25, -0.2) is 8.42 Å². The van der Waals surface area contributed by atoms with Crippen LogP contribution in [0.5, 0.6) is 0 Å². The molecular formula is C24H32ClN3O4S. The van der Waals surface area contributed by atoms with Gasteiger partial charge in [0.05, 0.1) is 11.9 Å². The van der Waals surface area contributed by atoms with E-state index < -0.39 is 28.5 Å². The normalized spacial score (nSPS) is 12.4. The number of aryl methyl sites for hydroxylation is 2. The summed E-state index contributed by atoms with van der Waals surface area (Å²) in [5, 5.41) is 3.32. The molecule has 7 nitrogen and oxygen atoms in total. The van der Waals surface area contributed by atoms with E-state index >= 15 is 0 Å². The zero-order chi connectivity index (χ0) is 24.9. The molecule has 33 heavy (non-hydrogen) atoms. The Kier molecular flexibility index (Phi) is 8.91. The third kappa shape index (κ3) is 7.75. The van der Waals surface area contributed by atoms with E-state index in [1.54, 1.807) is 43.3 Å². The monoisotopic (exact) mass is 493 g/mol. The van der Waals surface area contributed by atoms with Crippen LogP contribution in [-0.4, -0.2) is 50.0 Å². The highest BCUT2D eigenvalue weighted by atomic mass is 35.5. The molecule has 0 aliphatic heterocycles. The van der Waals surface area contributed by atoms with E-state index in [9.17, 15) is 18.0 Å². The first-order valence-corrected chi connectivity index (χ1v) is 12.9. The topological polar surface area (TPSA) is 86.8 Å². The van der Waals surface area contributed by atoms with Gasteiger partial charge in [0.1, 0.15) is 12.6 Å². The number of carbonyl (C=O) groups is 2. The van der Waals surface area contributed by atoms with Crippen molar-refractivity contribution in [2.45, 2.75) is 53.2 Å². The van der Waals surface area contributed by atoms with E-state index in [1.807, 2.05) is 33.8 Å². The molecular weight excluding hydrogens is 462 g/mol. The van der Waals surface area contributed by atoms with Crippen LogP contribution in [0.2, 0.25) is 5.02 Å². The van der Waals surface area contributed by atoms with Crippen molar-refractivity contribution in [3.63, 3.8) is 0 Å². The van der Waals surface area contributed by atoms with E-state index in [-0.39, 0.29) is 18.5 Å². The smallest absolute Gasteiger partial charge is 0.244 e. The third-order valence-electron chi connectivity index (χ3n) is 5.01. The first-order chi connectivity index (χ1) is 15.3. The van der Waals surface area contributed by atoms with Gasteiger partial charge < -0.3 is 10.2 Å². The number of halogens is 1. The van der Waals surface area contributed by atoms with Gasteiger partial charge in [-0.15, -0.1) is 0 Å². The standard InChI is InChI=1S/C24H32ClN3O4S/c1-16(2)26-24(30)19(5)27(14-20-8-7-9-21(25)13-20)23(29)15-28(33(6,31)32)22-11-17(3)10-18(4)12-22/h7-13,16,19H,14-15H2,1-6H3,(H,26,30)/t19-/m0/s1. The Morgan fingerprint density at radius 3 is 2.15 bits per heavy atom. The van der Waals surface area contributed by atoms with Crippen LogP contribution in [0, 0.1) is 13.8 Å². The molecule has 1 atom stereocenters. The van der Waals surface area contributed by atoms with Gasteiger partial charge >= 0.3 is 0 Å². The van der Waals surface area contributed by atoms with Gasteiger partial charge in [0, 0.05) is 17.6 Å². The number of nitrogens with zero attached hydrogens (tertiary/aromatic N) is 2. The quantitative estimate of drug-likeness (QED) is 0.577. The lowest BCUT2D eigenvalue weighted by molar-refractivity contribution is -0.139. The molecule has 0 saturated carbocycles. The fraction of sp³-hybridized carbons (Fsp3) is 0.417. The second-order valence-electron chi connectivity index (χ2n) is 8.61. The Labute approximate surface area is 201 Å². The summed E-state index contributed by atoms with van der Waals surface area (Å²) in [4.78, 5) is 27.6. The molecule has 9 heteroatoms. The lowest BCUT2D eigenvalue weighted by Gasteiger charge is -2.32. The van der Waals surface area contributed by atoms with Crippen molar-refractivity contribution in [1.82, 2.24) is 10.2 Å². The summed E-state index contributed by atoms with van der Waals surface area (Å²) in [6, 6.07) is 11.4. The summed E-state index contributed by atoms with van der Waals surface area (Å²) in [5.41, 5.74) is 2.90. The van der Waals surface area contributed by atoms with E-state index in [2.05, 4.69) is 5.32 Å². The van der Waals surface area contributed by atoms with Crippen LogP contribution < -0.4 is 9.62 Å². The predicted molar refractivity (Wildman–Crippen MR) is 133 cm³/mol. The van der Waals surface area contributed by atoms with Crippen LogP contribution in [0.4, 0.5) is 5.69 Å². The minimum absolute atomic E-state index is 0.106. The van der Waals surface area contributed by atoms with Gasteiger partial charge in [-0.1, -0.05) is 29.8 Å². The zero-order valence-electron chi connectivity index (χ0n) is 19.9. The second-order valence-corrected chi connectivity index (χ2v) is 10.9. The molecule has 0 radical (unpaired) electrons. The molecule has 0 aromatic heterocycles. The van der Waals surface area contributed by atoms with Gasteiger partial charge in [-0.3, -0.25) is 13.9 Å². The molecule has 2 rings (SSSR count). The molecule has 1 N–H and O–H groups in total. The summed E-state index contributed by atoms with van der Waals surface area (Å²) >= 11 is 6.10. The number of sulfonamides is 1. The average Bonchev–Trinajstić information content (AvgIpc) is 2.67. The van der Waals surface area contributed by atoms with E-state index in [1.165, 1.54) is 4.90 Å². The number of hydrogen-bond donors (Lipinski definition) is 1. The van der Waals surface area contributed by atoms with E-state index in [4.69, 9.17) is 11.6 Å². The summed E-state index contributed by atoms with van der Waals surface area (Å²) in [6.07, 6.45) is 1.06. The number of carbonyl (C=O) groups excluding carboxylic acids is 2. The van der Waals surface area contributed by atoms with Gasteiger partial charge in [0.25, 0.3) is 0 Å². The minimum Gasteiger partial charge on any atom is -0.352 e. The molecule has 0 fully saturated rings. The van der Waals surface area contributed by atoms with Crippen LogP contribution in [0.15, 0.2) is 42.5 Å². The average molecular weight is 494 g/mol. The number of hydrogen-bond acceptors (Lipinski definition) is 4. The highest BCUT2D eigenvalue weighted by Crippen LogP contribution is 2.22. The van der Waals surface area contributed by atoms with E-state index in [0.717, 1.165) is 27.3 Å². The lowest BCUT2D eigenvalue weighted by atomic mass is 10.1. The van der Waals surface area contributed by atoms with Gasteiger partial charge in [-0.2, -0.15) is 0 Å². The number of benzene rings is 2. The summed E-state index contributed by atoms with van der Waals surface area (Å²) < 4.78 is 26.3. The number of rotatable bonds is 9. The maximum absolute atomic E-state index is 13.5. The summed E-state index contributed by atoms with van der Waals surface area (Å²) in [6.45, 7) is 8.70. The van der Waals surface area contributed by atoms with Crippen molar-refractivity contribution in [2.75, 3.05) is 17.1 Å². The highest BCUT2D eigenvalue weighted by molar-refractivity contribution is 7.92. The van der Waals surface area contributed by atoms with Crippen LogP contribution in [0.25, 0.3) is 0 Å². The fourth-order valence-electron chi connectivity index (χ4n) is 3.53. The number of nitrogens with one attached hydrogen (secondary N) is 1. The molecule has 0 unspecified atom stereocenters. The fourth-order valence-corrected chi connectivity index (χ4v) is 4.57. The molecule has 180 valence electrons. The zero-order valence-corrected chi connectivity index (χ0v) is 21.5. The van der Waals surface area contributed by atoms with Crippen molar-refractivity contribution in [3.8, 4) is 0 Å². The molecule has 0 spiro atoms. The molecule has 2 aromatic rings. The maximum atomic E-state index is 13.5. The van der Waals surface area contributed by atoms with Crippen LogP contribution in [0.3, 0.4) is 0 Å². The highest BCUT2D eigenvalue weighted by Gasteiger charge is 2.30. The Morgan fingerprint density at radius 2 is 1.64 bits per heavy atom. The summed E-state index contributed by atoms with van der Waals surface area (Å²) in [5.74, 6) is -0.816. The molecule has 0 aliphatic rings. The molecule has 0 bridgehead atoms. The minimum atomic E-state index is -3.76. The van der Waals surface area contributed by atoms with Crippen LogP contribution in [-0.2, 0) is 26.2 Å². The van der Waals surface area contributed by atoms with Crippen molar-refractivity contribution in [2.24, 2.45) is 0 Å². The Morgan fingerprint density at radius 1 is 1.03 bits per heavy atom. The van der Waals surface area contributed by atoms with Gasteiger partial charge in [0.15, 0.2) is 0 Å². The van der Waals surface area contributed by atoms with Crippen molar-refractivity contribution in [1.29, 1.82) is 0 Å². The van der Waals surface area contributed by atoms with Crippen LogP contribution >= 0.6 is 11.6 Å². The second kappa shape index (κ2) is 11.0. The molecule has 2 aromatic carbocycles. The Hall–Kier alpha value is -2.58. The molecule has 0 saturated heterocycles. The van der Waals surface area contributed by atoms with Gasteiger partial charge in [0.2, 0.25) is 21.8 Å². The number of amides is 2. The molecule has 0 heterocycles. The first-order valence-electron chi connectivity index (χ1n) is 10.7. The predicted octanol–water partition coefficient (Wildman–Crippen LogP) is 3.66. The Bertz CT molecular complexity index is 1100. The van der Waals surface area contributed by atoms with Gasteiger partial charge in [-0.05, 0) is 75.6 Å². The summed E-state index contributed by atoms with van der Waals surface area (Å²) in [7, 11) is -3.76. The van der Waals surface area contributed by atoms with E-state index in [0.29, 0.717) is 10.7 Å². The van der Waals surface area contributed by atoms with Crippen molar-refractivity contribution < 1.29 is 18.0 Å². The lowest BCUT2D eigenvalue weighted by Crippen LogP contribution is -2.52. The van der Waals surface area contributed by atoms with Crippen molar-refractivity contribution >= 4 is 39.1 Å². The Balaban J connectivity index is 2.42. The maximum Gasteiger partial charge on any atom is 0.244 e. The SMILES string of the molecule is Cc1cc(C)cc(N(CC(=O)N(Cc2cccc(Cl)c2)[C@@H](C)C(=O)NC(C)C)S(C)(=O)=O)c1.